The van der Waals surface area contributed by atoms with E-state index in [2.05, 4.69) is 15.9 Å². The first-order chi connectivity index (χ1) is 7.97. The molecule has 0 aliphatic carbocycles. The number of hydrogen-bond donors (Lipinski definition) is 1. The number of carbonyl (C=O) groups excluding carboxylic acids is 2. The third-order valence-corrected chi connectivity index (χ3v) is 2.61. The summed E-state index contributed by atoms with van der Waals surface area (Å²) in [5.74, 6) is -0.613. The highest BCUT2D eigenvalue weighted by molar-refractivity contribution is 9.10. The Bertz CT molecular complexity index is 443. The SMILES string of the molecule is CCOC(=O)c1ccc(N)c(C(=O)C(C)Br)c1. The number of nitrogens with two attached hydrogens (primary N) is 1. The van der Waals surface area contributed by atoms with Gasteiger partial charge in [-0.1, -0.05) is 15.9 Å². The Labute approximate surface area is 108 Å². The molecule has 1 unspecified atom stereocenters. The van der Waals surface area contributed by atoms with E-state index in [-0.39, 0.29) is 10.6 Å². The van der Waals surface area contributed by atoms with E-state index in [9.17, 15) is 9.59 Å². The van der Waals surface area contributed by atoms with Gasteiger partial charge in [-0.15, -0.1) is 0 Å². The highest BCUT2D eigenvalue weighted by atomic mass is 79.9. The minimum absolute atomic E-state index is 0.159. The second-order valence-electron chi connectivity index (χ2n) is 3.50. The molecule has 1 aromatic rings. The van der Waals surface area contributed by atoms with Gasteiger partial charge in [-0.05, 0) is 32.0 Å². The van der Waals surface area contributed by atoms with E-state index in [1.54, 1.807) is 19.9 Å². The molecule has 0 amide bonds. The van der Waals surface area contributed by atoms with Crippen molar-refractivity contribution < 1.29 is 14.3 Å². The smallest absolute Gasteiger partial charge is 0.338 e. The maximum Gasteiger partial charge on any atom is 0.338 e. The van der Waals surface area contributed by atoms with Crippen molar-refractivity contribution in [2.24, 2.45) is 0 Å². The zero-order valence-electron chi connectivity index (χ0n) is 9.70. The highest BCUT2D eigenvalue weighted by Gasteiger charge is 2.17. The Kier molecular flexibility index (Phi) is 4.69. The van der Waals surface area contributed by atoms with Gasteiger partial charge in [0.05, 0.1) is 17.0 Å². The van der Waals surface area contributed by atoms with Crippen LogP contribution < -0.4 is 5.73 Å². The van der Waals surface area contributed by atoms with Crippen LogP contribution in [0.25, 0.3) is 0 Å². The van der Waals surface area contributed by atoms with Crippen molar-refractivity contribution in [3.05, 3.63) is 29.3 Å². The molecule has 5 heteroatoms. The van der Waals surface area contributed by atoms with Crippen LogP contribution in [0, 0.1) is 0 Å². The Hall–Kier alpha value is -1.36. The van der Waals surface area contributed by atoms with Crippen molar-refractivity contribution in [1.29, 1.82) is 0 Å². The van der Waals surface area contributed by atoms with Crippen LogP contribution in [-0.4, -0.2) is 23.2 Å². The molecular weight excluding hydrogens is 286 g/mol. The van der Waals surface area contributed by atoms with Gasteiger partial charge in [0.15, 0.2) is 5.78 Å². The maximum atomic E-state index is 11.8. The number of rotatable bonds is 4. The van der Waals surface area contributed by atoms with Gasteiger partial charge in [-0.2, -0.15) is 0 Å². The van der Waals surface area contributed by atoms with Gasteiger partial charge < -0.3 is 10.5 Å². The van der Waals surface area contributed by atoms with Gasteiger partial charge in [0, 0.05) is 11.3 Å². The van der Waals surface area contributed by atoms with E-state index < -0.39 is 5.97 Å². The number of hydrogen-bond acceptors (Lipinski definition) is 4. The number of halogens is 1. The lowest BCUT2D eigenvalue weighted by atomic mass is 10.0. The second-order valence-corrected chi connectivity index (χ2v) is 4.88. The van der Waals surface area contributed by atoms with E-state index in [4.69, 9.17) is 10.5 Å². The standard InChI is InChI=1S/C12H14BrNO3/c1-3-17-12(16)8-4-5-10(14)9(6-8)11(15)7(2)13/h4-7H,3,14H2,1-2H3. The molecule has 0 spiro atoms. The summed E-state index contributed by atoms with van der Waals surface area (Å²) in [5.41, 5.74) is 6.73. The van der Waals surface area contributed by atoms with E-state index in [1.807, 2.05) is 0 Å². The summed E-state index contributed by atoms with van der Waals surface area (Å²) in [6, 6.07) is 4.55. The van der Waals surface area contributed by atoms with Gasteiger partial charge >= 0.3 is 5.97 Å². The Balaban J connectivity index is 3.10. The molecular formula is C12H14BrNO3. The number of anilines is 1. The summed E-state index contributed by atoms with van der Waals surface area (Å²) < 4.78 is 4.86. The molecule has 4 nitrogen and oxygen atoms in total. The van der Waals surface area contributed by atoms with Gasteiger partial charge in [0.2, 0.25) is 0 Å². The van der Waals surface area contributed by atoms with E-state index >= 15 is 0 Å². The molecule has 2 N–H and O–H groups in total. The van der Waals surface area contributed by atoms with Crippen molar-refractivity contribution in [2.45, 2.75) is 18.7 Å². The predicted molar refractivity (Wildman–Crippen MR) is 69.5 cm³/mol. The van der Waals surface area contributed by atoms with Crippen LogP contribution in [0.5, 0.6) is 0 Å². The van der Waals surface area contributed by atoms with Gasteiger partial charge in [0.1, 0.15) is 0 Å². The third kappa shape index (κ3) is 3.30. The Morgan fingerprint density at radius 1 is 1.47 bits per heavy atom. The van der Waals surface area contributed by atoms with Crippen LogP contribution in [0.15, 0.2) is 18.2 Å². The van der Waals surface area contributed by atoms with Crippen molar-refractivity contribution in [3.63, 3.8) is 0 Å². The second kappa shape index (κ2) is 5.82. The topological polar surface area (TPSA) is 69.4 Å². The molecule has 0 heterocycles. The van der Waals surface area contributed by atoms with Crippen LogP contribution in [0.4, 0.5) is 5.69 Å². The minimum Gasteiger partial charge on any atom is -0.462 e. The number of Topliss-reactive ketones (excluding diaryl/α,β-unsaturated/α-hetero) is 1. The first kappa shape index (κ1) is 13.7. The van der Waals surface area contributed by atoms with Crippen LogP contribution in [-0.2, 0) is 4.74 Å². The molecule has 0 radical (unpaired) electrons. The molecule has 17 heavy (non-hydrogen) atoms. The van der Waals surface area contributed by atoms with E-state index in [0.29, 0.717) is 23.4 Å². The molecule has 0 aromatic heterocycles. The fourth-order valence-corrected chi connectivity index (χ4v) is 1.57. The summed E-state index contributed by atoms with van der Waals surface area (Å²) in [4.78, 5) is 23.0. The van der Waals surface area contributed by atoms with Gasteiger partial charge in [-0.3, -0.25) is 4.79 Å². The number of carbonyl (C=O) groups is 2. The predicted octanol–water partition coefficient (Wildman–Crippen LogP) is 2.41. The average molecular weight is 300 g/mol. The van der Waals surface area contributed by atoms with Crippen molar-refractivity contribution >= 4 is 33.4 Å². The maximum absolute atomic E-state index is 11.8. The molecule has 1 rings (SSSR count). The third-order valence-electron chi connectivity index (χ3n) is 2.19. The molecule has 0 saturated heterocycles. The van der Waals surface area contributed by atoms with E-state index in [1.165, 1.54) is 12.1 Å². The molecule has 0 bridgehead atoms. The summed E-state index contributed by atoms with van der Waals surface area (Å²) in [6.45, 7) is 3.72. The Morgan fingerprint density at radius 2 is 2.12 bits per heavy atom. The minimum atomic E-state index is -0.455. The quantitative estimate of drug-likeness (QED) is 0.401. The monoisotopic (exact) mass is 299 g/mol. The molecule has 92 valence electrons. The summed E-state index contributed by atoms with van der Waals surface area (Å²) in [7, 11) is 0. The lowest BCUT2D eigenvalue weighted by Gasteiger charge is -2.08. The summed E-state index contributed by atoms with van der Waals surface area (Å²) >= 11 is 3.18. The van der Waals surface area contributed by atoms with Crippen LogP contribution >= 0.6 is 15.9 Å². The lowest BCUT2D eigenvalue weighted by Crippen LogP contribution is -2.14. The van der Waals surface area contributed by atoms with Crippen molar-refractivity contribution in [3.8, 4) is 0 Å². The molecule has 0 fully saturated rings. The number of nitrogen functional groups attached to an aromatic ring is 1. The molecule has 1 atom stereocenters. The van der Waals surface area contributed by atoms with Crippen LogP contribution in [0.1, 0.15) is 34.6 Å². The zero-order chi connectivity index (χ0) is 13.0. The van der Waals surface area contributed by atoms with Gasteiger partial charge in [-0.25, -0.2) is 4.79 Å². The summed E-state index contributed by atoms with van der Waals surface area (Å²) in [5, 5.41) is 0. The van der Waals surface area contributed by atoms with Crippen LogP contribution in [0.2, 0.25) is 0 Å². The Morgan fingerprint density at radius 3 is 2.65 bits per heavy atom. The number of esters is 1. The molecule has 0 aliphatic heterocycles. The average Bonchev–Trinajstić information content (AvgIpc) is 2.28. The fourth-order valence-electron chi connectivity index (χ4n) is 1.33. The highest BCUT2D eigenvalue weighted by Crippen LogP contribution is 2.19. The zero-order valence-corrected chi connectivity index (χ0v) is 11.3. The summed E-state index contributed by atoms with van der Waals surface area (Å²) in [6.07, 6.45) is 0. The van der Waals surface area contributed by atoms with Crippen molar-refractivity contribution in [1.82, 2.24) is 0 Å². The van der Waals surface area contributed by atoms with Crippen molar-refractivity contribution in [2.75, 3.05) is 12.3 Å². The van der Waals surface area contributed by atoms with Gasteiger partial charge in [0.25, 0.3) is 0 Å². The lowest BCUT2D eigenvalue weighted by molar-refractivity contribution is 0.0526. The number of ether oxygens (including phenoxy) is 1. The first-order valence-corrected chi connectivity index (χ1v) is 6.13. The molecule has 0 saturated carbocycles. The largest absolute Gasteiger partial charge is 0.462 e. The fraction of sp³-hybridized carbons (Fsp3) is 0.333. The molecule has 1 aromatic carbocycles. The normalized spacial score (nSPS) is 11.9. The van der Waals surface area contributed by atoms with E-state index in [0.717, 1.165) is 0 Å². The number of ketones is 1. The number of alkyl halides is 1. The first-order valence-electron chi connectivity index (χ1n) is 5.22. The van der Waals surface area contributed by atoms with Crippen LogP contribution in [0.3, 0.4) is 0 Å². The molecule has 0 aliphatic rings. The number of benzene rings is 1.